The van der Waals surface area contributed by atoms with Gasteiger partial charge in [-0.2, -0.15) is 8.78 Å². The molecule has 0 saturated heterocycles. The summed E-state index contributed by atoms with van der Waals surface area (Å²) in [4.78, 5) is 12.0. The number of methoxy groups -OCH3 is 1. The summed E-state index contributed by atoms with van der Waals surface area (Å²) >= 11 is 0. The normalized spacial score (nSPS) is 11.7. The minimum absolute atomic E-state index is 0.0696. The lowest BCUT2D eigenvalue weighted by Gasteiger charge is -2.15. The Morgan fingerprint density at radius 3 is 2.12 bits per heavy atom. The molecule has 5 nitrogen and oxygen atoms in total. The number of hydrogen-bond donors (Lipinski definition) is 1. The summed E-state index contributed by atoms with van der Waals surface area (Å²) in [6.45, 7) is -1.21. The van der Waals surface area contributed by atoms with E-state index in [0.29, 0.717) is 11.5 Å². The van der Waals surface area contributed by atoms with Gasteiger partial charge in [0.2, 0.25) is 0 Å². The molecule has 1 N–H and O–H groups in total. The number of carbonyl (C=O) groups excluding carboxylic acids is 1. The fraction of sp³-hybridized carbons (Fsp3) is 0.278. The van der Waals surface area contributed by atoms with Gasteiger partial charge < -0.3 is 19.5 Å². The first-order valence-corrected chi connectivity index (χ1v) is 7.59. The summed E-state index contributed by atoms with van der Waals surface area (Å²) in [6.07, 6.45) is 0. The molecule has 1 atom stereocenters. The number of ether oxygens (including phenoxy) is 3. The molecule has 2 rings (SSSR count). The predicted octanol–water partition coefficient (Wildman–Crippen LogP) is 3.55. The van der Waals surface area contributed by atoms with Gasteiger partial charge in [0.05, 0.1) is 13.2 Å². The number of nitrogens with one attached hydrogen (secondary N) is 1. The van der Waals surface area contributed by atoms with E-state index in [9.17, 15) is 13.6 Å². The van der Waals surface area contributed by atoms with E-state index in [1.807, 2.05) is 0 Å². The van der Waals surface area contributed by atoms with E-state index in [-0.39, 0.29) is 24.3 Å². The molecule has 0 aromatic heterocycles. The van der Waals surface area contributed by atoms with Crippen LogP contribution in [-0.4, -0.2) is 26.2 Å². The number of benzene rings is 2. The highest BCUT2D eigenvalue weighted by molar-refractivity contribution is 5.78. The summed E-state index contributed by atoms with van der Waals surface area (Å²) < 4.78 is 39.0. The minimum atomic E-state index is -2.86. The molecule has 0 aliphatic heterocycles. The van der Waals surface area contributed by atoms with Gasteiger partial charge in [0, 0.05) is 0 Å². The molecular weight excluding hydrogens is 332 g/mol. The van der Waals surface area contributed by atoms with Gasteiger partial charge in [-0.1, -0.05) is 12.1 Å². The average molecular weight is 351 g/mol. The molecule has 1 unspecified atom stereocenters. The van der Waals surface area contributed by atoms with Crippen molar-refractivity contribution < 1.29 is 27.8 Å². The maximum Gasteiger partial charge on any atom is 0.387 e. The van der Waals surface area contributed by atoms with Crippen LogP contribution in [0.5, 0.6) is 17.2 Å². The second-order valence-electron chi connectivity index (χ2n) is 5.20. The lowest BCUT2D eigenvalue weighted by atomic mass is 10.1. The Balaban J connectivity index is 1.82. The van der Waals surface area contributed by atoms with Crippen LogP contribution in [0.2, 0.25) is 0 Å². The largest absolute Gasteiger partial charge is 0.497 e. The van der Waals surface area contributed by atoms with Crippen molar-refractivity contribution in [3.63, 3.8) is 0 Å². The van der Waals surface area contributed by atoms with Crippen molar-refractivity contribution in [2.24, 2.45) is 0 Å². The van der Waals surface area contributed by atoms with Gasteiger partial charge in [0.1, 0.15) is 17.2 Å². The van der Waals surface area contributed by atoms with E-state index in [2.05, 4.69) is 10.1 Å². The quantitative estimate of drug-likeness (QED) is 0.790. The van der Waals surface area contributed by atoms with Gasteiger partial charge in [-0.3, -0.25) is 4.79 Å². The lowest BCUT2D eigenvalue weighted by molar-refractivity contribution is -0.123. The maximum atomic E-state index is 12.1. The van der Waals surface area contributed by atoms with Gasteiger partial charge in [0.15, 0.2) is 6.61 Å². The first-order valence-electron chi connectivity index (χ1n) is 7.59. The molecule has 134 valence electrons. The summed E-state index contributed by atoms with van der Waals surface area (Å²) in [5, 5.41) is 2.77. The zero-order valence-corrected chi connectivity index (χ0v) is 13.9. The number of rotatable bonds is 8. The smallest absolute Gasteiger partial charge is 0.387 e. The van der Waals surface area contributed by atoms with Crippen LogP contribution in [0.3, 0.4) is 0 Å². The fourth-order valence-electron chi connectivity index (χ4n) is 2.13. The van der Waals surface area contributed by atoms with Crippen LogP contribution >= 0.6 is 0 Å². The van der Waals surface area contributed by atoms with Gasteiger partial charge in [-0.05, 0) is 48.9 Å². The molecule has 0 fully saturated rings. The lowest BCUT2D eigenvalue weighted by Crippen LogP contribution is -2.31. The Morgan fingerprint density at radius 1 is 1.00 bits per heavy atom. The molecule has 2 aromatic rings. The Labute approximate surface area is 144 Å². The van der Waals surface area contributed by atoms with Crippen LogP contribution in [0.15, 0.2) is 48.5 Å². The zero-order valence-electron chi connectivity index (χ0n) is 13.9. The molecule has 2 aromatic carbocycles. The molecule has 0 bridgehead atoms. The molecule has 0 saturated carbocycles. The zero-order chi connectivity index (χ0) is 18.2. The van der Waals surface area contributed by atoms with Crippen LogP contribution in [0, 0.1) is 0 Å². The van der Waals surface area contributed by atoms with E-state index in [0.717, 1.165) is 5.56 Å². The molecule has 0 aliphatic rings. The standard InChI is InChI=1S/C18H19F2NO4/c1-12(13-3-5-16(6-4-13)25-18(19)20)21-17(22)11-24-15-9-7-14(23-2)8-10-15/h3-10,12,18H,11H2,1-2H3,(H,21,22). The highest BCUT2D eigenvalue weighted by atomic mass is 19.3. The second-order valence-corrected chi connectivity index (χ2v) is 5.20. The number of halogens is 2. The Morgan fingerprint density at radius 2 is 1.56 bits per heavy atom. The molecule has 0 radical (unpaired) electrons. The predicted molar refractivity (Wildman–Crippen MR) is 88.1 cm³/mol. The third-order valence-corrected chi connectivity index (χ3v) is 3.41. The summed E-state index contributed by atoms with van der Waals surface area (Å²) in [5.41, 5.74) is 0.763. The van der Waals surface area contributed by atoms with Crippen molar-refractivity contribution in [2.75, 3.05) is 13.7 Å². The highest BCUT2D eigenvalue weighted by Crippen LogP contribution is 2.19. The van der Waals surface area contributed by atoms with Crippen molar-refractivity contribution >= 4 is 5.91 Å². The molecule has 0 aliphatic carbocycles. The summed E-state index contributed by atoms with van der Waals surface area (Å²) in [5.74, 6) is 1.03. The molecule has 25 heavy (non-hydrogen) atoms. The van der Waals surface area contributed by atoms with Crippen LogP contribution in [-0.2, 0) is 4.79 Å². The van der Waals surface area contributed by atoms with E-state index < -0.39 is 6.61 Å². The molecule has 7 heteroatoms. The van der Waals surface area contributed by atoms with E-state index in [4.69, 9.17) is 9.47 Å². The number of carbonyl (C=O) groups is 1. The summed E-state index contributed by atoms with van der Waals surface area (Å²) in [7, 11) is 1.57. The van der Waals surface area contributed by atoms with Gasteiger partial charge >= 0.3 is 6.61 Å². The van der Waals surface area contributed by atoms with Crippen molar-refractivity contribution in [1.29, 1.82) is 0 Å². The topological polar surface area (TPSA) is 56.8 Å². The van der Waals surface area contributed by atoms with Gasteiger partial charge in [0.25, 0.3) is 5.91 Å². The molecule has 0 heterocycles. The third-order valence-electron chi connectivity index (χ3n) is 3.41. The van der Waals surface area contributed by atoms with E-state index in [1.165, 1.54) is 12.1 Å². The number of alkyl halides is 2. The van der Waals surface area contributed by atoms with Crippen molar-refractivity contribution in [1.82, 2.24) is 5.32 Å². The summed E-state index contributed by atoms with van der Waals surface area (Å²) in [6, 6.07) is 12.7. The van der Waals surface area contributed by atoms with Crippen LogP contribution in [0.25, 0.3) is 0 Å². The SMILES string of the molecule is COc1ccc(OCC(=O)NC(C)c2ccc(OC(F)F)cc2)cc1. The highest BCUT2D eigenvalue weighted by Gasteiger charge is 2.11. The number of hydrogen-bond acceptors (Lipinski definition) is 4. The first-order chi connectivity index (χ1) is 12.0. The van der Waals surface area contributed by atoms with E-state index >= 15 is 0 Å². The van der Waals surface area contributed by atoms with Crippen LogP contribution < -0.4 is 19.5 Å². The number of amides is 1. The molecular formula is C18H19F2NO4. The Bertz CT molecular complexity index is 674. The van der Waals surface area contributed by atoms with Crippen molar-refractivity contribution in [2.45, 2.75) is 19.6 Å². The Kier molecular flexibility index (Phi) is 6.56. The second kappa shape index (κ2) is 8.86. The minimum Gasteiger partial charge on any atom is -0.497 e. The molecule has 0 spiro atoms. The monoisotopic (exact) mass is 351 g/mol. The van der Waals surface area contributed by atoms with Gasteiger partial charge in [-0.25, -0.2) is 0 Å². The fourth-order valence-corrected chi connectivity index (χ4v) is 2.13. The first kappa shape index (κ1) is 18.5. The Hall–Kier alpha value is -2.83. The van der Waals surface area contributed by atoms with Crippen LogP contribution in [0.4, 0.5) is 8.78 Å². The van der Waals surface area contributed by atoms with Crippen LogP contribution in [0.1, 0.15) is 18.5 Å². The van der Waals surface area contributed by atoms with E-state index in [1.54, 1.807) is 50.4 Å². The van der Waals surface area contributed by atoms with Gasteiger partial charge in [-0.15, -0.1) is 0 Å². The molecule has 1 amide bonds. The van der Waals surface area contributed by atoms with Crippen molar-refractivity contribution in [3.05, 3.63) is 54.1 Å². The van der Waals surface area contributed by atoms with Crippen molar-refractivity contribution in [3.8, 4) is 17.2 Å². The third kappa shape index (κ3) is 5.95. The average Bonchev–Trinajstić information content (AvgIpc) is 2.60. The maximum absolute atomic E-state index is 12.1.